The molecular weight excluding hydrogens is 272 g/mol. The molecule has 0 aliphatic rings. The van der Waals surface area contributed by atoms with Crippen LogP contribution in [0.3, 0.4) is 0 Å². The molecule has 18 heavy (non-hydrogen) atoms. The van der Waals surface area contributed by atoms with Crippen LogP contribution in [0.5, 0.6) is 0 Å². The number of alkyl halides is 3. The fraction of sp³-hybridized carbons (Fsp3) is 0.0909. The van der Waals surface area contributed by atoms with Crippen molar-refractivity contribution in [3.8, 4) is 0 Å². The molecule has 0 saturated heterocycles. The van der Waals surface area contributed by atoms with Crippen LogP contribution >= 0.6 is 0 Å². The number of hydrogen-bond acceptors (Lipinski definition) is 2. The molecule has 0 fully saturated rings. The molecule has 2 nitrogen and oxygen atoms in total. The van der Waals surface area contributed by atoms with E-state index in [0.717, 1.165) is 30.3 Å². The maximum atomic E-state index is 12.7. The van der Waals surface area contributed by atoms with Crippen molar-refractivity contribution in [1.29, 1.82) is 0 Å². The standard InChI is InChI=1S/C11H6F4O2S/c12-11(13,14)10-3-1-2-7-6-8(18(15,16)17)4-5-9(7)10/h1-6H. The molecule has 7 heteroatoms. The monoisotopic (exact) mass is 278 g/mol. The van der Waals surface area contributed by atoms with Crippen LogP contribution in [0, 0.1) is 0 Å². The highest BCUT2D eigenvalue weighted by Crippen LogP contribution is 2.35. The number of rotatable bonds is 1. The van der Waals surface area contributed by atoms with E-state index in [0.29, 0.717) is 0 Å². The Balaban J connectivity index is 2.76. The van der Waals surface area contributed by atoms with Gasteiger partial charge in [-0.05, 0) is 29.0 Å². The van der Waals surface area contributed by atoms with Gasteiger partial charge in [0.2, 0.25) is 0 Å². The third kappa shape index (κ3) is 2.31. The summed E-state index contributed by atoms with van der Waals surface area (Å²) < 4.78 is 72.1. The molecule has 0 saturated carbocycles. The Morgan fingerprint density at radius 3 is 2.22 bits per heavy atom. The summed E-state index contributed by atoms with van der Waals surface area (Å²) >= 11 is 0. The number of benzene rings is 2. The molecule has 0 radical (unpaired) electrons. The minimum atomic E-state index is -4.92. The largest absolute Gasteiger partial charge is 0.417 e. The normalized spacial score (nSPS) is 12.9. The molecule has 0 aliphatic carbocycles. The Morgan fingerprint density at radius 2 is 1.67 bits per heavy atom. The lowest BCUT2D eigenvalue weighted by Gasteiger charge is -2.10. The van der Waals surface area contributed by atoms with Gasteiger partial charge in [-0.2, -0.15) is 21.6 Å². The van der Waals surface area contributed by atoms with Gasteiger partial charge in [0.1, 0.15) is 0 Å². The van der Waals surface area contributed by atoms with Crippen LogP contribution in [-0.2, 0) is 16.4 Å². The van der Waals surface area contributed by atoms with Gasteiger partial charge in [0.05, 0.1) is 10.5 Å². The second kappa shape index (κ2) is 3.94. The Kier molecular flexibility index (Phi) is 2.81. The van der Waals surface area contributed by atoms with E-state index < -0.39 is 26.9 Å². The Morgan fingerprint density at radius 1 is 1.00 bits per heavy atom. The van der Waals surface area contributed by atoms with Crippen LogP contribution in [0.25, 0.3) is 10.8 Å². The third-order valence-corrected chi connectivity index (χ3v) is 3.26. The fourth-order valence-electron chi connectivity index (χ4n) is 1.66. The first-order chi connectivity index (χ1) is 8.19. The summed E-state index contributed by atoms with van der Waals surface area (Å²) in [6, 6.07) is 5.95. The van der Waals surface area contributed by atoms with Crippen LogP contribution in [0.15, 0.2) is 41.3 Å². The maximum Gasteiger partial charge on any atom is 0.417 e. The molecule has 0 aliphatic heterocycles. The molecular formula is C11H6F4O2S. The van der Waals surface area contributed by atoms with E-state index in [2.05, 4.69) is 0 Å². The minimum Gasteiger partial charge on any atom is -0.189 e. The van der Waals surface area contributed by atoms with Crippen LogP contribution in [0.4, 0.5) is 17.1 Å². The number of fused-ring (bicyclic) bond motifs is 1. The van der Waals surface area contributed by atoms with Crippen LogP contribution in [0.1, 0.15) is 5.56 Å². The topological polar surface area (TPSA) is 34.1 Å². The second-order valence-electron chi connectivity index (χ2n) is 3.62. The third-order valence-electron chi connectivity index (χ3n) is 2.44. The summed E-state index contributed by atoms with van der Waals surface area (Å²) in [5.74, 6) is 0. The quantitative estimate of drug-likeness (QED) is 0.591. The van der Waals surface area contributed by atoms with Crippen LogP contribution < -0.4 is 0 Å². The van der Waals surface area contributed by atoms with Crippen molar-refractivity contribution in [3.05, 3.63) is 42.0 Å². The highest BCUT2D eigenvalue weighted by molar-refractivity contribution is 7.86. The highest BCUT2D eigenvalue weighted by Gasteiger charge is 2.32. The number of hydrogen-bond donors (Lipinski definition) is 0. The van der Waals surface area contributed by atoms with Gasteiger partial charge in [0.25, 0.3) is 0 Å². The van der Waals surface area contributed by atoms with E-state index in [9.17, 15) is 25.5 Å². The SMILES string of the molecule is O=S(=O)(F)c1ccc2c(C(F)(F)F)cccc2c1. The first-order valence-electron chi connectivity index (χ1n) is 4.74. The summed E-state index contributed by atoms with van der Waals surface area (Å²) in [6.07, 6.45) is -4.55. The molecule has 2 aromatic rings. The summed E-state index contributed by atoms with van der Waals surface area (Å²) in [5, 5.41) is -0.152. The van der Waals surface area contributed by atoms with Gasteiger partial charge in [-0.1, -0.05) is 18.2 Å². The molecule has 96 valence electrons. The lowest BCUT2D eigenvalue weighted by Crippen LogP contribution is -2.05. The van der Waals surface area contributed by atoms with Crippen molar-refractivity contribution in [3.63, 3.8) is 0 Å². The van der Waals surface area contributed by atoms with E-state index in [1.54, 1.807) is 0 Å². The van der Waals surface area contributed by atoms with Gasteiger partial charge in [0, 0.05) is 0 Å². The lowest BCUT2D eigenvalue weighted by atomic mass is 10.0. The van der Waals surface area contributed by atoms with Gasteiger partial charge < -0.3 is 0 Å². The Hall–Kier alpha value is -1.63. The summed E-state index contributed by atoms with van der Waals surface area (Å²) in [7, 11) is -4.92. The highest BCUT2D eigenvalue weighted by atomic mass is 32.3. The molecule has 0 heterocycles. The van der Waals surface area contributed by atoms with E-state index in [-0.39, 0.29) is 10.8 Å². The van der Waals surface area contributed by atoms with Crippen molar-refractivity contribution >= 4 is 21.0 Å². The van der Waals surface area contributed by atoms with Gasteiger partial charge in [-0.15, -0.1) is 3.89 Å². The smallest absolute Gasteiger partial charge is 0.189 e. The molecule has 0 aromatic heterocycles. The fourth-order valence-corrected chi connectivity index (χ4v) is 2.16. The Labute approximate surface area is 100 Å². The van der Waals surface area contributed by atoms with Gasteiger partial charge >= 0.3 is 16.4 Å². The predicted molar refractivity (Wildman–Crippen MR) is 57.2 cm³/mol. The zero-order valence-corrected chi connectivity index (χ0v) is 9.52. The second-order valence-corrected chi connectivity index (χ2v) is 4.97. The zero-order chi connectivity index (χ0) is 13.6. The van der Waals surface area contributed by atoms with Crippen molar-refractivity contribution in [2.24, 2.45) is 0 Å². The molecule has 0 amide bonds. The molecule has 2 aromatic carbocycles. The van der Waals surface area contributed by atoms with E-state index in [1.165, 1.54) is 6.07 Å². The van der Waals surface area contributed by atoms with Crippen molar-refractivity contribution in [2.45, 2.75) is 11.1 Å². The van der Waals surface area contributed by atoms with Gasteiger partial charge in [0.15, 0.2) is 0 Å². The van der Waals surface area contributed by atoms with Gasteiger partial charge in [-0.3, -0.25) is 0 Å². The molecule has 2 rings (SSSR count). The maximum absolute atomic E-state index is 12.7. The first kappa shape index (κ1) is 12.8. The summed E-state index contributed by atoms with van der Waals surface area (Å²) in [4.78, 5) is -0.658. The summed E-state index contributed by atoms with van der Waals surface area (Å²) in [5.41, 5.74) is -0.886. The molecule has 0 atom stereocenters. The first-order valence-corrected chi connectivity index (χ1v) is 6.12. The summed E-state index contributed by atoms with van der Waals surface area (Å²) in [6.45, 7) is 0. The van der Waals surface area contributed by atoms with Crippen molar-refractivity contribution in [1.82, 2.24) is 0 Å². The van der Waals surface area contributed by atoms with Crippen LogP contribution in [-0.4, -0.2) is 8.42 Å². The average molecular weight is 278 g/mol. The molecule has 0 N–H and O–H groups in total. The van der Waals surface area contributed by atoms with E-state index in [1.807, 2.05) is 0 Å². The van der Waals surface area contributed by atoms with E-state index >= 15 is 0 Å². The van der Waals surface area contributed by atoms with Gasteiger partial charge in [-0.25, -0.2) is 0 Å². The number of halogens is 4. The van der Waals surface area contributed by atoms with Crippen LogP contribution in [0.2, 0.25) is 0 Å². The zero-order valence-electron chi connectivity index (χ0n) is 8.70. The minimum absolute atomic E-state index is 0.0172. The predicted octanol–water partition coefficient (Wildman–Crippen LogP) is 3.52. The molecule has 0 unspecified atom stereocenters. The lowest BCUT2D eigenvalue weighted by molar-refractivity contribution is -0.136. The van der Waals surface area contributed by atoms with E-state index in [4.69, 9.17) is 0 Å². The molecule has 0 bridgehead atoms. The average Bonchev–Trinajstić information content (AvgIpc) is 2.25. The van der Waals surface area contributed by atoms with Crippen molar-refractivity contribution < 1.29 is 25.5 Å². The van der Waals surface area contributed by atoms with Crippen molar-refractivity contribution in [2.75, 3.05) is 0 Å². The molecule has 0 spiro atoms. The Bertz CT molecular complexity index is 705.